The Kier molecular flexibility index (Phi) is 9.10. The number of nitrogens with two attached hydrogens (primary N) is 1. The summed E-state index contributed by atoms with van der Waals surface area (Å²) >= 11 is 0. The summed E-state index contributed by atoms with van der Waals surface area (Å²) in [6.45, 7) is 6.86. The molecule has 0 saturated carbocycles. The average Bonchev–Trinajstić information content (AvgIpc) is 2.94. The van der Waals surface area contributed by atoms with Crippen LogP contribution in [0.2, 0.25) is 0 Å². The van der Waals surface area contributed by atoms with Crippen molar-refractivity contribution in [1.82, 2.24) is 14.6 Å². The van der Waals surface area contributed by atoms with E-state index in [9.17, 15) is 32.0 Å². The molecule has 1 aliphatic heterocycles. The molecule has 3 aromatic rings. The number of ketones is 1. The zero-order chi connectivity index (χ0) is 29.9. The fourth-order valence-corrected chi connectivity index (χ4v) is 6.22. The number of anilines is 1. The van der Waals surface area contributed by atoms with E-state index in [0.717, 1.165) is 19.2 Å². The van der Waals surface area contributed by atoms with Gasteiger partial charge in [-0.2, -0.15) is 0 Å². The Balaban J connectivity index is 1.51. The van der Waals surface area contributed by atoms with Gasteiger partial charge in [0.05, 0.1) is 29.4 Å². The van der Waals surface area contributed by atoms with E-state index in [-0.39, 0.29) is 52.0 Å². The fourth-order valence-electron chi connectivity index (χ4n) is 4.76. The van der Waals surface area contributed by atoms with Crippen LogP contribution in [-0.2, 0) is 27.4 Å². The van der Waals surface area contributed by atoms with Crippen molar-refractivity contribution >= 4 is 32.3 Å². The lowest BCUT2D eigenvalue weighted by molar-refractivity contribution is 0.0364. The molecule has 0 spiro atoms. The van der Waals surface area contributed by atoms with Gasteiger partial charge in [0.2, 0.25) is 0 Å². The van der Waals surface area contributed by atoms with Crippen molar-refractivity contribution in [2.75, 3.05) is 44.3 Å². The van der Waals surface area contributed by atoms with Gasteiger partial charge in [-0.3, -0.25) is 14.5 Å². The predicted molar refractivity (Wildman–Crippen MR) is 150 cm³/mol. The molecule has 3 N–H and O–H groups in total. The Morgan fingerprint density at radius 3 is 2.56 bits per heavy atom. The standard InChI is InChI=1S/C28H34F2N4O6S/c1-28(2,8-9-33-10-12-40-13-11-33)41(38,39)14-7-18-15-21-25(31)24(27(36)34(37)26(21)32-17-18)23(35)6-4-19-3-5-20(29)16-22(19)30/h3,5,15-17,37H,4,6-14,31H2,1-2H3. The summed E-state index contributed by atoms with van der Waals surface area (Å²) in [6, 6.07) is 4.47. The van der Waals surface area contributed by atoms with Gasteiger partial charge in [-0.1, -0.05) is 6.07 Å². The van der Waals surface area contributed by atoms with Gasteiger partial charge in [0.1, 0.15) is 17.2 Å². The molecule has 41 heavy (non-hydrogen) atoms. The van der Waals surface area contributed by atoms with E-state index < -0.39 is 43.1 Å². The van der Waals surface area contributed by atoms with Crippen molar-refractivity contribution in [3.05, 3.63) is 69.1 Å². The van der Waals surface area contributed by atoms with E-state index in [0.29, 0.717) is 37.8 Å². The van der Waals surface area contributed by atoms with Crippen molar-refractivity contribution in [2.24, 2.45) is 0 Å². The summed E-state index contributed by atoms with van der Waals surface area (Å²) < 4.78 is 58.2. The number of nitrogens with zero attached hydrogens (tertiary/aromatic N) is 3. The Hall–Kier alpha value is -3.42. The lowest BCUT2D eigenvalue weighted by Gasteiger charge is -2.31. The topological polar surface area (TPSA) is 145 Å². The maximum Gasteiger partial charge on any atom is 0.297 e. The van der Waals surface area contributed by atoms with E-state index in [1.165, 1.54) is 18.3 Å². The third-order valence-corrected chi connectivity index (χ3v) is 10.3. The smallest absolute Gasteiger partial charge is 0.297 e. The van der Waals surface area contributed by atoms with E-state index in [1.54, 1.807) is 13.8 Å². The van der Waals surface area contributed by atoms with E-state index in [4.69, 9.17) is 10.5 Å². The zero-order valence-corrected chi connectivity index (χ0v) is 23.8. The van der Waals surface area contributed by atoms with E-state index in [2.05, 4.69) is 9.88 Å². The molecule has 1 aromatic carbocycles. The number of aromatic nitrogens is 2. The number of Topliss-reactive ketones (excluding diaryl/α,β-unsaturated/α-hetero) is 1. The van der Waals surface area contributed by atoms with Gasteiger partial charge in [0.25, 0.3) is 5.56 Å². The molecule has 222 valence electrons. The highest BCUT2D eigenvalue weighted by atomic mass is 32.2. The molecule has 0 bridgehead atoms. The van der Waals surface area contributed by atoms with Crippen molar-refractivity contribution in [3.63, 3.8) is 0 Å². The molecule has 0 unspecified atom stereocenters. The van der Waals surface area contributed by atoms with Crippen LogP contribution in [0.1, 0.15) is 48.2 Å². The predicted octanol–water partition coefficient (Wildman–Crippen LogP) is 2.77. The third-order valence-electron chi connectivity index (χ3n) is 7.64. The van der Waals surface area contributed by atoms with Crippen molar-refractivity contribution in [2.45, 2.75) is 44.3 Å². The molecule has 3 heterocycles. The van der Waals surface area contributed by atoms with E-state index in [1.807, 2.05) is 0 Å². The van der Waals surface area contributed by atoms with Crippen molar-refractivity contribution in [1.29, 1.82) is 0 Å². The minimum absolute atomic E-state index is 0.0847. The van der Waals surface area contributed by atoms with Gasteiger partial charge >= 0.3 is 0 Å². The van der Waals surface area contributed by atoms with Crippen LogP contribution in [-0.4, -0.2) is 77.4 Å². The first kappa shape index (κ1) is 30.5. The van der Waals surface area contributed by atoms with Crippen molar-refractivity contribution < 1.29 is 31.9 Å². The Bertz CT molecular complexity index is 1620. The first-order valence-electron chi connectivity index (χ1n) is 13.3. The highest BCUT2D eigenvalue weighted by molar-refractivity contribution is 7.92. The second-order valence-electron chi connectivity index (χ2n) is 10.8. The summed E-state index contributed by atoms with van der Waals surface area (Å²) in [7, 11) is -3.53. The second kappa shape index (κ2) is 12.2. The second-order valence-corrected chi connectivity index (χ2v) is 13.6. The minimum atomic E-state index is -3.53. The van der Waals surface area contributed by atoms with Gasteiger partial charge in [0, 0.05) is 37.2 Å². The third kappa shape index (κ3) is 6.74. The van der Waals surface area contributed by atoms with Gasteiger partial charge in [-0.15, -0.1) is 4.73 Å². The molecule has 1 saturated heterocycles. The van der Waals surface area contributed by atoms with Gasteiger partial charge in [-0.05, 0) is 62.9 Å². The van der Waals surface area contributed by atoms with Crippen LogP contribution in [0.4, 0.5) is 14.5 Å². The number of aryl methyl sites for hydroxylation is 2. The molecule has 0 aliphatic carbocycles. The monoisotopic (exact) mass is 592 g/mol. The SMILES string of the molecule is CC(C)(CCN1CCOCC1)S(=O)(=O)CCc1cnc2c(c1)c(N)c(C(=O)CCc1ccc(F)cc1F)c(=O)n2O. The van der Waals surface area contributed by atoms with Crippen LogP contribution in [0.5, 0.6) is 0 Å². The lowest BCUT2D eigenvalue weighted by atomic mass is 10.0. The van der Waals surface area contributed by atoms with Crippen LogP contribution in [0.15, 0.2) is 35.3 Å². The number of halogens is 2. The summed E-state index contributed by atoms with van der Waals surface area (Å²) in [5.41, 5.74) is 4.80. The molecule has 0 radical (unpaired) electrons. The average molecular weight is 593 g/mol. The van der Waals surface area contributed by atoms with Crippen LogP contribution in [0.25, 0.3) is 11.0 Å². The molecule has 1 aliphatic rings. The number of benzene rings is 1. The van der Waals surface area contributed by atoms with Gasteiger partial charge in [0.15, 0.2) is 21.3 Å². The Morgan fingerprint density at radius 1 is 1.17 bits per heavy atom. The molecule has 4 rings (SSSR count). The van der Waals surface area contributed by atoms with Gasteiger partial charge < -0.3 is 15.7 Å². The number of nitrogen functional groups attached to an aromatic ring is 1. The number of carbonyl (C=O) groups is 1. The number of rotatable bonds is 11. The maximum absolute atomic E-state index is 14.0. The number of carbonyl (C=O) groups excluding carboxylic acids is 1. The van der Waals surface area contributed by atoms with Crippen LogP contribution < -0.4 is 11.3 Å². The minimum Gasteiger partial charge on any atom is -0.423 e. The Morgan fingerprint density at radius 2 is 1.88 bits per heavy atom. The van der Waals surface area contributed by atoms with E-state index >= 15 is 0 Å². The number of sulfone groups is 1. The normalized spacial score (nSPS) is 14.9. The number of morpholine rings is 1. The lowest BCUT2D eigenvalue weighted by Crippen LogP contribution is -2.42. The van der Waals surface area contributed by atoms with Crippen LogP contribution >= 0.6 is 0 Å². The first-order chi connectivity index (χ1) is 19.3. The maximum atomic E-state index is 14.0. The molecule has 2 aromatic heterocycles. The largest absolute Gasteiger partial charge is 0.423 e. The molecule has 0 atom stereocenters. The summed E-state index contributed by atoms with van der Waals surface area (Å²) in [5, 5.41) is 10.5. The molecule has 13 heteroatoms. The fraction of sp³-hybridized carbons (Fsp3) is 0.464. The van der Waals surface area contributed by atoms with Gasteiger partial charge in [-0.25, -0.2) is 22.2 Å². The number of pyridine rings is 2. The highest BCUT2D eigenvalue weighted by Gasteiger charge is 2.34. The number of ether oxygens (including phenoxy) is 1. The molecular formula is C28H34F2N4O6S. The quantitative estimate of drug-likeness (QED) is 0.254. The van der Waals surface area contributed by atoms with Crippen LogP contribution in [0, 0.1) is 11.6 Å². The Labute approximate surface area is 236 Å². The highest BCUT2D eigenvalue weighted by Crippen LogP contribution is 2.26. The van der Waals surface area contributed by atoms with Crippen molar-refractivity contribution in [3.8, 4) is 0 Å². The number of hydrogen-bond acceptors (Lipinski definition) is 9. The molecule has 0 amide bonds. The first-order valence-corrected chi connectivity index (χ1v) is 15.0. The van der Waals surface area contributed by atoms with Crippen LogP contribution in [0.3, 0.4) is 0 Å². The molecule has 1 fully saturated rings. The molecule has 10 nitrogen and oxygen atoms in total. The number of hydrogen-bond donors (Lipinski definition) is 2. The molecular weight excluding hydrogens is 558 g/mol. The number of fused-ring (bicyclic) bond motifs is 1. The zero-order valence-electron chi connectivity index (χ0n) is 23.0. The summed E-state index contributed by atoms with van der Waals surface area (Å²) in [5.74, 6) is -2.48. The summed E-state index contributed by atoms with van der Waals surface area (Å²) in [4.78, 5) is 32.0. The summed E-state index contributed by atoms with van der Waals surface area (Å²) in [6.07, 6.45) is 1.47.